The zero-order valence-corrected chi connectivity index (χ0v) is 14.2. The molecule has 1 heterocycles. The first kappa shape index (κ1) is 15.5. The van der Waals surface area contributed by atoms with E-state index in [2.05, 4.69) is 4.90 Å². The van der Waals surface area contributed by atoms with E-state index in [1.165, 1.54) is 0 Å². The number of hydrogen-bond acceptors (Lipinski definition) is 2. The van der Waals surface area contributed by atoms with Crippen LogP contribution in [0.5, 0.6) is 0 Å². The Morgan fingerprint density at radius 3 is 2.37 bits per heavy atom. The lowest BCUT2D eigenvalue weighted by Crippen LogP contribution is -2.33. The minimum Gasteiger partial charge on any atom is -0.299 e. The molecule has 1 aliphatic rings. The monoisotopic (exact) mass is 411 g/mol. The third-order valence-electron chi connectivity index (χ3n) is 3.60. The number of nitrogens with zero attached hydrogens (tertiary/aromatic N) is 1. The normalized spacial score (nSPS) is 17.6. The van der Waals surface area contributed by atoms with Gasteiger partial charge in [-0.05, 0) is 66.6 Å². The van der Waals surface area contributed by atoms with Gasteiger partial charge in [0.1, 0.15) is 0 Å². The van der Waals surface area contributed by atoms with Crippen LogP contribution < -0.4 is 0 Å². The number of rotatable bonds is 4. The van der Waals surface area contributed by atoms with Gasteiger partial charge in [0, 0.05) is 28.6 Å². The Morgan fingerprint density at radius 2 is 1.84 bits per heavy atom. The fourth-order valence-corrected chi connectivity index (χ4v) is 3.62. The number of hydrogen-bond donors (Lipinski definition) is 0. The van der Waals surface area contributed by atoms with Crippen molar-refractivity contribution in [3.8, 4) is 0 Å². The Labute approximate surface area is 137 Å². The Hall–Kier alpha value is 0.160. The first-order valence-corrected chi connectivity index (χ1v) is 8.23. The highest BCUT2D eigenvalue weighted by Gasteiger charge is 2.21. The van der Waals surface area contributed by atoms with Crippen molar-refractivity contribution in [2.24, 2.45) is 5.92 Å². The molecule has 5 heteroatoms. The van der Waals surface area contributed by atoms with Crippen molar-refractivity contribution >= 4 is 49.6 Å². The van der Waals surface area contributed by atoms with Gasteiger partial charge in [0.25, 0.3) is 0 Å². The molecule has 0 bridgehead atoms. The molecule has 104 valence electrons. The van der Waals surface area contributed by atoms with Crippen LogP contribution in [0.1, 0.15) is 24.8 Å². The van der Waals surface area contributed by atoms with E-state index in [0.29, 0.717) is 12.3 Å². The Kier molecular flexibility index (Phi) is 5.93. The third kappa shape index (κ3) is 4.59. The van der Waals surface area contributed by atoms with Crippen LogP contribution in [0.2, 0.25) is 10.0 Å². The summed E-state index contributed by atoms with van der Waals surface area (Å²) in [6.45, 7) is 2.82. The molecule has 0 aliphatic carbocycles. The van der Waals surface area contributed by atoms with E-state index in [1.54, 1.807) is 0 Å². The number of likely N-dealkylation sites (tertiary alicyclic amines) is 1. The molecular formula is C14H16Cl2INO. The molecular weight excluding hydrogens is 396 g/mol. The molecule has 0 amide bonds. The molecule has 0 N–H and O–H groups in total. The second kappa shape index (κ2) is 7.25. The maximum Gasteiger partial charge on any atom is 0.192 e. The van der Waals surface area contributed by atoms with E-state index in [1.807, 2.05) is 40.8 Å². The van der Waals surface area contributed by atoms with Crippen LogP contribution in [0, 0.1) is 5.92 Å². The lowest BCUT2D eigenvalue weighted by atomic mass is 9.94. The zero-order valence-electron chi connectivity index (χ0n) is 10.5. The lowest BCUT2D eigenvalue weighted by molar-refractivity contribution is -0.110. The molecule has 1 aromatic carbocycles. The summed E-state index contributed by atoms with van der Waals surface area (Å²) >= 11 is 14.3. The lowest BCUT2D eigenvalue weighted by Gasteiger charge is -2.31. The summed E-state index contributed by atoms with van der Waals surface area (Å²) in [7, 11) is 0. The zero-order chi connectivity index (χ0) is 13.8. The average Bonchev–Trinajstić information content (AvgIpc) is 2.35. The highest BCUT2D eigenvalue weighted by Crippen LogP contribution is 2.28. The maximum absolute atomic E-state index is 11.1. The number of carbonyl (C=O) groups is 1. The fraction of sp³-hybridized carbons (Fsp3) is 0.500. The van der Waals surface area contributed by atoms with Crippen molar-refractivity contribution in [1.29, 1.82) is 0 Å². The van der Waals surface area contributed by atoms with E-state index >= 15 is 0 Å². The van der Waals surface area contributed by atoms with Crippen LogP contribution in [0.15, 0.2) is 18.2 Å². The summed E-state index contributed by atoms with van der Waals surface area (Å²) < 4.78 is 0.269. The van der Waals surface area contributed by atoms with E-state index in [0.717, 1.165) is 48.1 Å². The summed E-state index contributed by atoms with van der Waals surface area (Å²) in [5, 5.41) is 1.47. The van der Waals surface area contributed by atoms with Gasteiger partial charge in [0.05, 0.1) is 0 Å². The van der Waals surface area contributed by atoms with Crippen LogP contribution >= 0.6 is 45.8 Å². The Bertz CT molecular complexity index is 439. The minimum atomic E-state index is 0.269. The van der Waals surface area contributed by atoms with Gasteiger partial charge in [0.15, 0.2) is 3.79 Å². The van der Waals surface area contributed by atoms with Gasteiger partial charge >= 0.3 is 0 Å². The summed E-state index contributed by atoms with van der Waals surface area (Å²) in [5.74, 6) is 0.544. The van der Waals surface area contributed by atoms with E-state index < -0.39 is 0 Å². The molecule has 0 unspecified atom stereocenters. The summed E-state index contributed by atoms with van der Waals surface area (Å²) in [6.07, 6.45) is 2.87. The molecule has 0 aromatic heterocycles. The van der Waals surface area contributed by atoms with E-state index in [4.69, 9.17) is 23.2 Å². The molecule has 2 rings (SSSR count). The van der Waals surface area contributed by atoms with Gasteiger partial charge in [-0.3, -0.25) is 9.69 Å². The molecule has 1 aromatic rings. The van der Waals surface area contributed by atoms with Gasteiger partial charge in [-0.15, -0.1) is 0 Å². The van der Waals surface area contributed by atoms with Crippen LogP contribution in [0.4, 0.5) is 0 Å². The molecule has 2 nitrogen and oxygen atoms in total. The Balaban J connectivity index is 1.91. The van der Waals surface area contributed by atoms with Crippen molar-refractivity contribution in [3.63, 3.8) is 0 Å². The maximum atomic E-state index is 11.1. The van der Waals surface area contributed by atoms with Crippen molar-refractivity contribution < 1.29 is 4.79 Å². The molecule has 19 heavy (non-hydrogen) atoms. The molecule has 1 fully saturated rings. The second-order valence-corrected chi connectivity index (χ2v) is 7.00. The first-order chi connectivity index (χ1) is 9.06. The predicted octanol–water partition coefficient (Wildman–Crippen LogP) is 4.56. The van der Waals surface area contributed by atoms with Crippen molar-refractivity contribution in [2.45, 2.75) is 25.8 Å². The summed E-state index contributed by atoms with van der Waals surface area (Å²) in [6, 6.07) is 5.63. The standard InChI is InChI=1S/C14H16Cl2INO/c15-12-2-1-3-13(16)11(12)9-18-6-4-10(5-7-18)8-14(17)19/h1-3,10H,4-9H2. The molecule has 1 saturated heterocycles. The van der Waals surface area contributed by atoms with Crippen molar-refractivity contribution in [2.75, 3.05) is 13.1 Å². The van der Waals surface area contributed by atoms with Crippen molar-refractivity contribution in [3.05, 3.63) is 33.8 Å². The SMILES string of the molecule is O=C(I)CC1CCN(Cc2c(Cl)cccc2Cl)CC1. The van der Waals surface area contributed by atoms with E-state index in [-0.39, 0.29) is 3.79 Å². The predicted molar refractivity (Wildman–Crippen MR) is 88.1 cm³/mol. The largest absolute Gasteiger partial charge is 0.299 e. The third-order valence-corrected chi connectivity index (χ3v) is 4.75. The number of piperidine rings is 1. The molecule has 0 atom stereocenters. The van der Waals surface area contributed by atoms with Gasteiger partial charge in [-0.2, -0.15) is 0 Å². The number of carbonyl (C=O) groups excluding carboxylic acids is 1. The molecule has 1 aliphatic heterocycles. The van der Waals surface area contributed by atoms with Gasteiger partial charge in [0.2, 0.25) is 0 Å². The van der Waals surface area contributed by atoms with Gasteiger partial charge in [-0.1, -0.05) is 29.3 Å². The smallest absolute Gasteiger partial charge is 0.192 e. The van der Waals surface area contributed by atoms with Crippen LogP contribution in [0.3, 0.4) is 0 Å². The minimum absolute atomic E-state index is 0.269. The Morgan fingerprint density at radius 1 is 1.26 bits per heavy atom. The molecule has 0 radical (unpaired) electrons. The highest BCUT2D eigenvalue weighted by molar-refractivity contribution is 14.1. The number of halogens is 3. The fourth-order valence-electron chi connectivity index (χ4n) is 2.48. The quantitative estimate of drug-likeness (QED) is 0.534. The number of benzene rings is 1. The molecule has 0 spiro atoms. The molecule has 0 saturated carbocycles. The van der Waals surface area contributed by atoms with Crippen molar-refractivity contribution in [1.82, 2.24) is 4.90 Å². The van der Waals surface area contributed by atoms with Gasteiger partial charge < -0.3 is 0 Å². The van der Waals surface area contributed by atoms with E-state index in [9.17, 15) is 4.79 Å². The highest BCUT2D eigenvalue weighted by atomic mass is 127. The van der Waals surface area contributed by atoms with Crippen LogP contribution in [-0.2, 0) is 11.3 Å². The van der Waals surface area contributed by atoms with Crippen LogP contribution in [-0.4, -0.2) is 21.8 Å². The van der Waals surface area contributed by atoms with Gasteiger partial charge in [-0.25, -0.2) is 0 Å². The summed E-state index contributed by atoms with van der Waals surface area (Å²) in [4.78, 5) is 13.5. The topological polar surface area (TPSA) is 20.3 Å². The average molecular weight is 412 g/mol. The first-order valence-electron chi connectivity index (χ1n) is 6.40. The second-order valence-electron chi connectivity index (χ2n) is 4.98. The van der Waals surface area contributed by atoms with Crippen LogP contribution in [0.25, 0.3) is 0 Å². The summed E-state index contributed by atoms with van der Waals surface area (Å²) in [5.41, 5.74) is 1.01.